The second-order valence-corrected chi connectivity index (χ2v) is 10.5. The fourth-order valence-corrected chi connectivity index (χ4v) is 5.09. The van der Waals surface area contributed by atoms with Crippen LogP contribution in [0, 0.1) is 6.92 Å². The maximum Gasteiger partial charge on any atom is 0.253 e. The fraction of sp³-hybridized carbons (Fsp3) is 0.258. The molecular weight excluding hydrogens is 508 g/mol. The molecule has 202 valence electrons. The summed E-state index contributed by atoms with van der Waals surface area (Å²) in [7, 11) is 1.72. The average Bonchev–Trinajstić information content (AvgIpc) is 3.37. The molecule has 0 bridgehead atoms. The van der Waals surface area contributed by atoms with Crippen molar-refractivity contribution < 1.29 is 14.7 Å². The van der Waals surface area contributed by atoms with Gasteiger partial charge in [-0.15, -0.1) is 11.3 Å². The van der Waals surface area contributed by atoms with Crippen molar-refractivity contribution in [1.29, 1.82) is 0 Å². The van der Waals surface area contributed by atoms with E-state index in [0.717, 1.165) is 21.8 Å². The van der Waals surface area contributed by atoms with E-state index >= 15 is 0 Å². The molecule has 1 heterocycles. The Morgan fingerprint density at radius 1 is 0.949 bits per heavy atom. The van der Waals surface area contributed by atoms with Gasteiger partial charge in [-0.05, 0) is 42.7 Å². The van der Waals surface area contributed by atoms with Crippen molar-refractivity contribution in [2.45, 2.75) is 38.6 Å². The topological polar surface area (TPSA) is 94.6 Å². The molecule has 0 radical (unpaired) electrons. The van der Waals surface area contributed by atoms with E-state index in [1.54, 1.807) is 36.2 Å². The standard InChI is InChI=1S/C31H34N4O3S/c1-22-21-39-29(33-22)20-35(2)31(38)26-15-9-14-25(17-26)30(37)34-27(16-23-10-5-3-6-11-23)28(36)19-32-18-24-12-7-4-8-13-24/h3-15,17,21,27-28,32,36H,16,18-20H2,1-2H3,(H,34,37). The molecule has 1 aromatic heterocycles. The van der Waals surface area contributed by atoms with Crippen molar-refractivity contribution >= 4 is 23.2 Å². The molecule has 0 saturated heterocycles. The Balaban J connectivity index is 1.42. The number of aryl methyl sites for hydroxylation is 1. The van der Waals surface area contributed by atoms with E-state index in [9.17, 15) is 14.7 Å². The van der Waals surface area contributed by atoms with Gasteiger partial charge in [0.2, 0.25) is 0 Å². The van der Waals surface area contributed by atoms with E-state index in [2.05, 4.69) is 15.6 Å². The van der Waals surface area contributed by atoms with Crippen molar-refractivity contribution in [1.82, 2.24) is 20.5 Å². The third kappa shape index (κ3) is 8.32. The minimum absolute atomic E-state index is 0.191. The first-order valence-electron chi connectivity index (χ1n) is 12.9. The summed E-state index contributed by atoms with van der Waals surface area (Å²) >= 11 is 1.51. The van der Waals surface area contributed by atoms with Crippen LogP contribution in [0.4, 0.5) is 0 Å². The van der Waals surface area contributed by atoms with Crippen LogP contribution in [-0.4, -0.2) is 52.5 Å². The second kappa shape index (κ2) is 13.8. The highest BCUT2D eigenvalue weighted by Gasteiger charge is 2.23. The van der Waals surface area contributed by atoms with Crippen molar-refractivity contribution in [2.24, 2.45) is 0 Å². The lowest BCUT2D eigenvalue weighted by Gasteiger charge is -2.25. The summed E-state index contributed by atoms with van der Waals surface area (Å²) in [5.41, 5.74) is 3.83. The van der Waals surface area contributed by atoms with Gasteiger partial charge in [0.25, 0.3) is 11.8 Å². The number of amides is 2. The minimum atomic E-state index is -0.824. The summed E-state index contributed by atoms with van der Waals surface area (Å²) in [5.74, 6) is -0.533. The van der Waals surface area contributed by atoms with Crippen LogP contribution in [0.2, 0.25) is 0 Å². The van der Waals surface area contributed by atoms with Crippen LogP contribution in [0.1, 0.15) is 42.5 Å². The molecule has 4 rings (SSSR count). The Labute approximate surface area is 233 Å². The molecule has 39 heavy (non-hydrogen) atoms. The first kappa shape index (κ1) is 28.2. The van der Waals surface area contributed by atoms with Crippen LogP contribution in [0.25, 0.3) is 0 Å². The average molecular weight is 543 g/mol. The number of nitrogens with one attached hydrogen (secondary N) is 2. The van der Waals surface area contributed by atoms with Crippen LogP contribution < -0.4 is 10.6 Å². The van der Waals surface area contributed by atoms with Gasteiger partial charge in [-0.25, -0.2) is 4.98 Å². The SMILES string of the molecule is Cc1csc(CN(C)C(=O)c2cccc(C(=O)NC(Cc3ccccc3)C(O)CNCc3ccccc3)c2)n1. The van der Waals surface area contributed by atoms with Crippen LogP contribution in [-0.2, 0) is 19.5 Å². The van der Waals surface area contributed by atoms with Crippen molar-refractivity contribution in [2.75, 3.05) is 13.6 Å². The monoisotopic (exact) mass is 542 g/mol. The first-order chi connectivity index (χ1) is 18.9. The Kier molecular flexibility index (Phi) is 9.97. The predicted octanol–water partition coefficient (Wildman–Crippen LogP) is 4.22. The van der Waals surface area contributed by atoms with Gasteiger partial charge in [-0.2, -0.15) is 0 Å². The Morgan fingerprint density at radius 3 is 2.28 bits per heavy atom. The van der Waals surface area contributed by atoms with Gasteiger partial charge < -0.3 is 20.6 Å². The van der Waals surface area contributed by atoms with Gasteiger partial charge in [-0.1, -0.05) is 66.7 Å². The van der Waals surface area contributed by atoms with Crippen molar-refractivity contribution in [3.63, 3.8) is 0 Å². The van der Waals surface area contributed by atoms with Gasteiger partial charge in [-0.3, -0.25) is 9.59 Å². The number of nitrogens with zero attached hydrogens (tertiary/aromatic N) is 2. The summed E-state index contributed by atoms with van der Waals surface area (Å²) in [6.45, 7) is 3.24. The van der Waals surface area contributed by atoms with Crippen LogP contribution in [0.5, 0.6) is 0 Å². The Bertz CT molecular complexity index is 1360. The number of aromatic nitrogens is 1. The number of hydrogen-bond donors (Lipinski definition) is 3. The molecule has 8 heteroatoms. The number of aliphatic hydroxyl groups excluding tert-OH is 1. The largest absolute Gasteiger partial charge is 0.390 e. The number of rotatable bonds is 12. The summed E-state index contributed by atoms with van der Waals surface area (Å²) < 4.78 is 0. The lowest BCUT2D eigenvalue weighted by Crippen LogP contribution is -2.48. The maximum atomic E-state index is 13.3. The van der Waals surface area contributed by atoms with Gasteiger partial charge in [0.05, 0.1) is 18.7 Å². The second-order valence-electron chi connectivity index (χ2n) is 9.58. The lowest BCUT2D eigenvalue weighted by atomic mass is 10.00. The van der Waals surface area contributed by atoms with Gasteiger partial charge in [0.15, 0.2) is 0 Å². The number of hydrogen-bond acceptors (Lipinski definition) is 6. The first-order valence-corrected chi connectivity index (χ1v) is 13.8. The van der Waals surface area contributed by atoms with Crippen LogP contribution in [0.3, 0.4) is 0 Å². The van der Waals surface area contributed by atoms with E-state index in [-0.39, 0.29) is 11.8 Å². The lowest BCUT2D eigenvalue weighted by molar-refractivity contribution is 0.0784. The number of carbonyl (C=O) groups excluding carboxylic acids is 2. The number of benzene rings is 3. The van der Waals surface area contributed by atoms with E-state index in [1.165, 1.54) is 11.3 Å². The highest BCUT2D eigenvalue weighted by molar-refractivity contribution is 7.09. The molecule has 3 aromatic carbocycles. The van der Waals surface area contributed by atoms with E-state index in [4.69, 9.17) is 0 Å². The summed E-state index contributed by atoms with van der Waals surface area (Å²) in [4.78, 5) is 32.4. The molecule has 0 aliphatic rings. The molecule has 2 amide bonds. The van der Waals surface area contributed by atoms with Gasteiger partial charge in [0.1, 0.15) is 5.01 Å². The molecule has 0 fully saturated rings. The maximum absolute atomic E-state index is 13.3. The summed E-state index contributed by atoms with van der Waals surface area (Å²) in [6.07, 6.45) is -0.356. The van der Waals surface area contributed by atoms with Crippen LogP contribution >= 0.6 is 11.3 Å². The number of carbonyl (C=O) groups is 2. The zero-order valence-corrected chi connectivity index (χ0v) is 23.0. The quantitative estimate of drug-likeness (QED) is 0.249. The zero-order chi connectivity index (χ0) is 27.6. The molecule has 0 aliphatic carbocycles. The van der Waals surface area contributed by atoms with E-state index in [1.807, 2.05) is 73.0 Å². The number of aliphatic hydroxyl groups is 1. The predicted molar refractivity (Wildman–Crippen MR) is 155 cm³/mol. The zero-order valence-electron chi connectivity index (χ0n) is 22.2. The van der Waals surface area contributed by atoms with E-state index < -0.39 is 12.1 Å². The normalized spacial score (nSPS) is 12.5. The molecule has 4 aromatic rings. The highest BCUT2D eigenvalue weighted by atomic mass is 32.1. The molecule has 0 aliphatic heterocycles. The Hall–Kier alpha value is -3.85. The third-order valence-electron chi connectivity index (χ3n) is 6.36. The smallest absolute Gasteiger partial charge is 0.253 e. The summed E-state index contributed by atoms with van der Waals surface area (Å²) in [6, 6.07) is 25.9. The van der Waals surface area contributed by atoms with E-state index in [0.29, 0.717) is 37.2 Å². The molecule has 2 atom stereocenters. The number of thiazole rings is 1. The third-order valence-corrected chi connectivity index (χ3v) is 7.31. The molecule has 0 spiro atoms. The van der Waals surface area contributed by atoms with Gasteiger partial charge >= 0.3 is 0 Å². The molecule has 3 N–H and O–H groups in total. The molecule has 2 unspecified atom stereocenters. The molecule has 7 nitrogen and oxygen atoms in total. The molecule has 0 saturated carbocycles. The highest BCUT2D eigenvalue weighted by Crippen LogP contribution is 2.15. The van der Waals surface area contributed by atoms with Crippen molar-refractivity contribution in [3.05, 3.63) is 123 Å². The molecular formula is C31H34N4O3S. The van der Waals surface area contributed by atoms with Gasteiger partial charge in [0, 0.05) is 42.3 Å². The van der Waals surface area contributed by atoms with Crippen molar-refractivity contribution in [3.8, 4) is 0 Å². The fourth-order valence-electron chi connectivity index (χ4n) is 4.27. The Morgan fingerprint density at radius 2 is 1.62 bits per heavy atom. The summed E-state index contributed by atoms with van der Waals surface area (Å²) in [5, 5.41) is 20.2. The van der Waals surface area contributed by atoms with Crippen LogP contribution in [0.15, 0.2) is 90.3 Å². The minimum Gasteiger partial charge on any atom is -0.390 e.